The van der Waals surface area contributed by atoms with Crippen LogP contribution in [0.15, 0.2) is 78.9 Å². The van der Waals surface area contributed by atoms with Gasteiger partial charge in [-0.2, -0.15) is 0 Å². The molecule has 7 nitrogen and oxygen atoms in total. The number of halogens is 1. The smallest absolute Gasteiger partial charge is 0.269 e. The van der Waals surface area contributed by atoms with E-state index in [0.29, 0.717) is 24.3 Å². The summed E-state index contributed by atoms with van der Waals surface area (Å²) >= 11 is 1.33. The Labute approximate surface area is 213 Å². The number of nitrogens with zero attached hydrogens (tertiary/aromatic N) is 2. The lowest BCUT2D eigenvalue weighted by molar-refractivity contribution is -0.384. The van der Waals surface area contributed by atoms with Crippen LogP contribution in [-0.4, -0.2) is 40.0 Å². The highest BCUT2D eigenvalue weighted by Crippen LogP contribution is 2.21. The molecule has 0 bridgehead atoms. The molecule has 0 aliphatic heterocycles. The molecule has 1 atom stereocenters. The maximum absolute atomic E-state index is 14.5. The van der Waals surface area contributed by atoms with Gasteiger partial charge in [-0.1, -0.05) is 60.7 Å². The van der Waals surface area contributed by atoms with Crippen molar-refractivity contribution in [1.82, 2.24) is 10.2 Å². The van der Waals surface area contributed by atoms with Crippen LogP contribution in [0.1, 0.15) is 23.6 Å². The van der Waals surface area contributed by atoms with Gasteiger partial charge in [-0.25, -0.2) is 4.39 Å². The third kappa shape index (κ3) is 7.64. The Kier molecular flexibility index (Phi) is 10.00. The number of benzene rings is 3. The van der Waals surface area contributed by atoms with Crippen LogP contribution in [0.25, 0.3) is 0 Å². The molecule has 0 aromatic heterocycles. The number of carbonyl (C=O) groups excluding carboxylic acids is 2. The second-order valence-corrected chi connectivity index (χ2v) is 9.12. The summed E-state index contributed by atoms with van der Waals surface area (Å²) in [6, 6.07) is 20.9. The third-order valence-electron chi connectivity index (χ3n) is 5.56. The summed E-state index contributed by atoms with van der Waals surface area (Å²) in [6.07, 6.45) is 0.292. The molecular weight excluding hydrogens is 481 g/mol. The van der Waals surface area contributed by atoms with E-state index in [1.54, 1.807) is 37.3 Å². The average molecular weight is 510 g/mol. The van der Waals surface area contributed by atoms with Crippen LogP contribution in [-0.2, 0) is 28.3 Å². The topological polar surface area (TPSA) is 92.6 Å². The minimum absolute atomic E-state index is 0.00146. The average Bonchev–Trinajstić information content (AvgIpc) is 2.88. The molecule has 1 N–H and O–H groups in total. The van der Waals surface area contributed by atoms with Gasteiger partial charge < -0.3 is 10.2 Å². The van der Waals surface area contributed by atoms with Gasteiger partial charge in [0.2, 0.25) is 11.8 Å². The molecule has 0 unspecified atom stereocenters. The van der Waals surface area contributed by atoms with Gasteiger partial charge in [0.05, 0.1) is 10.7 Å². The van der Waals surface area contributed by atoms with Crippen molar-refractivity contribution in [3.63, 3.8) is 0 Å². The number of carbonyl (C=O) groups is 2. The first-order chi connectivity index (χ1) is 17.4. The van der Waals surface area contributed by atoms with Crippen LogP contribution in [0.5, 0.6) is 0 Å². The SMILES string of the molecule is CCNC(=O)[C@H](Cc1ccccc1)N(Cc1ccccc1F)C(=O)CSCc1ccc([N+](=O)[O-])cc1. The Morgan fingerprint density at radius 1 is 1.00 bits per heavy atom. The number of thioether (sulfide) groups is 1. The van der Waals surface area contributed by atoms with Crippen LogP contribution < -0.4 is 5.32 Å². The van der Waals surface area contributed by atoms with Gasteiger partial charge >= 0.3 is 0 Å². The first kappa shape index (κ1) is 26.9. The van der Waals surface area contributed by atoms with Crippen LogP contribution in [0.2, 0.25) is 0 Å². The fraction of sp³-hybridized carbons (Fsp3) is 0.259. The zero-order valence-corrected chi connectivity index (χ0v) is 20.7. The largest absolute Gasteiger partial charge is 0.355 e. The molecule has 0 saturated heterocycles. The Balaban J connectivity index is 1.80. The third-order valence-corrected chi connectivity index (χ3v) is 6.55. The number of non-ortho nitro benzene ring substituents is 1. The lowest BCUT2D eigenvalue weighted by atomic mass is 10.0. The summed E-state index contributed by atoms with van der Waals surface area (Å²) in [5, 5.41) is 13.7. The molecule has 2 amide bonds. The summed E-state index contributed by atoms with van der Waals surface area (Å²) in [4.78, 5) is 38.4. The van der Waals surface area contributed by atoms with Gasteiger partial charge in [-0.05, 0) is 24.1 Å². The number of amides is 2. The van der Waals surface area contributed by atoms with Crippen LogP contribution in [0, 0.1) is 15.9 Å². The Morgan fingerprint density at radius 2 is 1.67 bits per heavy atom. The first-order valence-corrected chi connectivity index (χ1v) is 12.7. The lowest BCUT2D eigenvalue weighted by Crippen LogP contribution is -2.51. The molecule has 36 heavy (non-hydrogen) atoms. The van der Waals surface area contributed by atoms with Crippen molar-refractivity contribution < 1.29 is 18.9 Å². The highest BCUT2D eigenvalue weighted by atomic mass is 32.2. The van der Waals surface area contributed by atoms with E-state index in [4.69, 9.17) is 0 Å². The summed E-state index contributed by atoms with van der Waals surface area (Å²) in [5.74, 6) is -0.510. The maximum atomic E-state index is 14.5. The van der Waals surface area contributed by atoms with Crippen LogP contribution in [0.4, 0.5) is 10.1 Å². The predicted octanol–water partition coefficient (Wildman–Crippen LogP) is 4.74. The first-order valence-electron chi connectivity index (χ1n) is 11.5. The van der Waals surface area contributed by atoms with Crippen molar-refractivity contribution in [2.75, 3.05) is 12.3 Å². The van der Waals surface area contributed by atoms with E-state index in [1.807, 2.05) is 30.3 Å². The molecule has 9 heteroatoms. The molecule has 0 heterocycles. The van der Waals surface area contributed by atoms with E-state index in [9.17, 15) is 24.1 Å². The monoisotopic (exact) mass is 509 g/mol. The zero-order chi connectivity index (χ0) is 25.9. The highest BCUT2D eigenvalue weighted by Gasteiger charge is 2.30. The summed E-state index contributed by atoms with van der Waals surface area (Å²) in [7, 11) is 0. The molecule has 0 saturated carbocycles. The second kappa shape index (κ2) is 13.4. The summed E-state index contributed by atoms with van der Waals surface area (Å²) in [6.45, 7) is 2.17. The fourth-order valence-electron chi connectivity index (χ4n) is 3.71. The van der Waals surface area contributed by atoms with E-state index in [-0.39, 0.29) is 29.8 Å². The number of nitrogens with one attached hydrogen (secondary N) is 1. The normalized spacial score (nSPS) is 11.5. The van der Waals surface area contributed by atoms with Crippen molar-refractivity contribution in [2.24, 2.45) is 0 Å². The number of hydrogen-bond acceptors (Lipinski definition) is 5. The molecule has 188 valence electrons. The molecule has 3 aromatic rings. The van der Waals surface area contributed by atoms with Crippen molar-refractivity contribution in [3.05, 3.63) is 111 Å². The molecule has 0 spiro atoms. The van der Waals surface area contributed by atoms with E-state index in [1.165, 1.54) is 34.9 Å². The van der Waals surface area contributed by atoms with Crippen molar-refractivity contribution >= 4 is 29.3 Å². The Bertz CT molecular complexity index is 1180. The van der Waals surface area contributed by atoms with Crippen molar-refractivity contribution in [2.45, 2.75) is 31.7 Å². The van der Waals surface area contributed by atoms with Crippen molar-refractivity contribution in [3.8, 4) is 0 Å². The van der Waals surface area contributed by atoms with Gasteiger partial charge in [0.15, 0.2) is 0 Å². The number of hydrogen-bond donors (Lipinski definition) is 1. The summed E-state index contributed by atoms with van der Waals surface area (Å²) in [5.41, 5.74) is 2.05. The van der Waals surface area contributed by atoms with Gasteiger partial charge in [0.1, 0.15) is 11.9 Å². The molecule has 0 radical (unpaired) electrons. The van der Waals surface area contributed by atoms with Gasteiger partial charge in [-0.3, -0.25) is 19.7 Å². The van der Waals surface area contributed by atoms with E-state index in [2.05, 4.69) is 5.32 Å². The number of nitro groups is 1. The molecular formula is C27H28FN3O4S. The molecule has 3 rings (SSSR count). The Hall–Kier alpha value is -3.72. The molecule has 0 aliphatic rings. The van der Waals surface area contributed by atoms with Crippen molar-refractivity contribution in [1.29, 1.82) is 0 Å². The fourth-order valence-corrected chi connectivity index (χ4v) is 4.58. The standard InChI is InChI=1S/C27H28FN3O4S/c1-2-29-27(33)25(16-20-8-4-3-5-9-20)30(17-22-10-6-7-11-24(22)28)26(32)19-36-18-21-12-14-23(15-13-21)31(34)35/h3-15,25H,2,16-19H2,1H3,(H,29,33)/t25-/m0/s1. The lowest BCUT2D eigenvalue weighted by Gasteiger charge is -2.31. The molecule has 0 fully saturated rings. The predicted molar refractivity (Wildman–Crippen MR) is 139 cm³/mol. The van der Waals surface area contributed by atoms with Crippen LogP contribution >= 0.6 is 11.8 Å². The number of rotatable bonds is 12. The number of nitro benzene ring substituents is 1. The van der Waals surface area contributed by atoms with E-state index < -0.39 is 16.8 Å². The van der Waals surface area contributed by atoms with Gasteiger partial charge in [0, 0.05) is 43.0 Å². The highest BCUT2D eigenvalue weighted by molar-refractivity contribution is 7.99. The quantitative estimate of drug-likeness (QED) is 0.281. The molecule has 3 aromatic carbocycles. The minimum atomic E-state index is -0.820. The van der Waals surface area contributed by atoms with Gasteiger partial charge in [-0.15, -0.1) is 11.8 Å². The van der Waals surface area contributed by atoms with E-state index in [0.717, 1.165) is 11.1 Å². The van der Waals surface area contributed by atoms with Gasteiger partial charge in [0.25, 0.3) is 5.69 Å². The minimum Gasteiger partial charge on any atom is -0.355 e. The number of likely N-dealkylation sites (N-methyl/N-ethyl adjacent to an activating group) is 1. The molecule has 0 aliphatic carbocycles. The van der Waals surface area contributed by atoms with E-state index >= 15 is 0 Å². The Morgan fingerprint density at radius 3 is 2.31 bits per heavy atom. The maximum Gasteiger partial charge on any atom is 0.269 e. The summed E-state index contributed by atoms with van der Waals surface area (Å²) < 4.78 is 14.5. The van der Waals surface area contributed by atoms with Crippen LogP contribution in [0.3, 0.4) is 0 Å². The zero-order valence-electron chi connectivity index (χ0n) is 19.9. The second-order valence-electron chi connectivity index (χ2n) is 8.13.